The van der Waals surface area contributed by atoms with E-state index in [0.29, 0.717) is 13.0 Å². The second-order valence-corrected chi connectivity index (χ2v) is 7.17. The molecule has 0 amide bonds. The third kappa shape index (κ3) is 13.8. The Balaban J connectivity index is 4.10. The van der Waals surface area contributed by atoms with Crippen molar-refractivity contribution < 1.29 is 14.6 Å². The maximum atomic E-state index is 11.9. The average molecular weight is 343 g/mol. The van der Waals surface area contributed by atoms with E-state index in [1.165, 1.54) is 44.9 Å². The normalized spacial score (nSPS) is 13.7. The Morgan fingerprint density at radius 1 is 0.792 bits per heavy atom. The topological polar surface area (TPSA) is 46.5 Å². The Morgan fingerprint density at radius 2 is 1.33 bits per heavy atom. The molecule has 0 rings (SSSR count). The van der Waals surface area contributed by atoms with Gasteiger partial charge in [-0.25, -0.2) is 0 Å². The van der Waals surface area contributed by atoms with Gasteiger partial charge in [0.25, 0.3) is 0 Å². The summed E-state index contributed by atoms with van der Waals surface area (Å²) in [5.41, 5.74) is 0. The van der Waals surface area contributed by atoms with Crippen LogP contribution in [0.25, 0.3) is 0 Å². The minimum absolute atomic E-state index is 0.0928. The van der Waals surface area contributed by atoms with Crippen LogP contribution in [0.3, 0.4) is 0 Å². The average Bonchev–Trinajstić information content (AvgIpc) is 2.58. The van der Waals surface area contributed by atoms with Gasteiger partial charge in [0.15, 0.2) is 0 Å². The summed E-state index contributed by atoms with van der Waals surface area (Å²) in [5, 5.41) is 10.5. The summed E-state index contributed by atoms with van der Waals surface area (Å²) >= 11 is 0. The van der Waals surface area contributed by atoms with Crippen molar-refractivity contribution in [1.29, 1.82) is 0 Å². The number of carbonyl (C=O) groups excluding carboxylic acids is 1. The summed E-state index contributed by atoms with van der Waals surface area (Å²) in [6, 6.07) is 0. The van der Waals surface area contributed by atoms with E-state index in [4.69, 9.17) is 4.74 Å². The first kappa shape index (κ1) is 23.4. The number of hydrogen-bond acceptors (Lipinski definition) is 3. The molecule has 1 N–H and O–H groups in total. The fourth-order valence-corrected chi connectivity index (χ4v) is 3.03. The molecule has 3 nitrogen and oxygen atoms in total. The Kier molecular flexibility index (Phi) is 16.8. The molecule has 0 unspecified atom stereocenters. The molecule has 0 aliphatic heterocycles. The van der Waals surface area contributed by atoms with Crippen LogP contribution in [0.15, 0.2) is 0 Å². The van der Waals surface area contributed by atoms with Crippen molar-refractivity contribution in [2.24, 2.45) is 5.92 Å². The number of carbonyl (C=O) groups is 1. The highest BCUT2D eigenvalue weighted by atomic mass is 16.5. The highest BCUT2D eigenvalue weighted by Crippen LogP contribution is 2.20. The lowest BCUT2D eigenvalue weighted by molar-refractivity contribution is -0.146. The van der Waals surface area contributed by atoms with Gasteiger partial charge in [-0.1, -0.05) is 85.0 Å². The molecule has 144 valence electrons. The van der Waals surface area contributed by atoms with Crippen molar-refractivity contribution in [2.75, 3.05) is 6.61 Å². The predicted octanol–water partition coefficient (Wildman–Crippen LogP) is 6.03. The van der Waals surface area contributed by atoms with E-state index in [0.717, 1.165) is 38.5 Å². The largest absolute Gasteiger partial charge is 0.465 e. The summed E-state index contributed by atoms with van der Waals surface area (Å²) in [6.45, 7) is 6.95. The van der Waals surface area contributed by atoms with Gasteiger partial charge in [0.05, 0.1) is 12.7 Å². The molecule has 24 heavy (non-hydrogen) atoms. The van der Waals surface area contributed by atoms with Crippen LogP contribution in [0.2, 0.25) is 0 Å². The van der Waals surface area contributed by atoms with Gasteiger partial charge in [0.2, 0.25) is 0 Å². The molecule has 0 aromatic heterocycles. The molecule has 0 spiro atoms. The fraction of sp³-hybridized carbons (Fsp3) is 0.952. The molecular weight excluding hydrogens is 300 g/mol. The van der Waals surface area contributed by atoms with Crippen molar-refractivity contribution in [1.82, 2.24) is 0 Å². The molecule has 0 heterocycles. The molecule has 0 aromatic rings. The first-order valence-corrected chi connectivity index (χ1v) is 10.5. The standard InChI is InChI=1S/C21H42O3/c1-4-7-10-13-16-20(22)19(15-12-9-6-3)18-24-21(23)17-14-11-8-5-2/h19-20,22H,4-18H2,1-3H3/t19-,20-/m1/s1. The lowest BCUT2D eigenvalue weighted by atomic mass is 9.92. The molecule has 0 aliphatic carbocycles. The number of unbranched alkanes of at least 4 members (excludes halogenated alkanes) is 8. The van der Waals surface area contributed by atoms with Crippen LogP contribution in [0.1, 0.15) is 111 Å². The molecule has 0 aliphatic rings. The summed E-state index contributed by atoms with van der Waals surface area (Å²) in [5.74, 6) is 0.0162. The third-order valence-corrected chi connectivity index (χ3v) is 4.77. The van der Waals surface area contributed by atoms with E-state index in [9.17, 15) is 9.90 Å². The molecular formula is C21H42O3. The summed E-state index contributed by atoms with van der Waals surface area (Å²) < 4.78 is 5.46. The van der Waals surface area contributed by atoms with E-state index in [1.807, 2.05) is 0 Å². The molecule has 0 saturated heterocycles. The van der Waals surface area contributed by atoms with E-state index in [-0.39, 0.29) is 18.0 Å². The first-order chi connectivity index (χ1) is 11.7. The Morgan fingerprint density at radius 3 is 1.96 bits per heavy atom. The van der Waals surface area contributed by atoms with Gasteiger partial charge in [0, 0.05) is 12.3 Å². The van der Waals surface area contributed by atoms with Crippen LogP contribution in [-0.4, -0.2) is 23.8 Å². The van der Waals surface area contributed by atoms with E-state index < -0.39 is 0 Å². The van der Waals surface area contributed by atoms with Crippen LogP contribution in [0.4, 0.5) is 0 Å². The van der Waals surface area contributed by atoms with E-state index in [2.05, 4.69) is 20.8 Å². The van der Waals surface area contributed by atoms with Gasteiger partial charge >= 0.3 is 5.97 Å². The van der Waals surface area contributed by atoms with Gasteiger partial charge < -0.3 is 9.84 Å². The maximum absolute atomic E-state index is 11.9. The molecule has 2 atom stereocenters. The fourth-order valence-electron chi connectivity index (χ4n) is 3.03. The lowest BCUT2D eigenvalue weighted by Crippen LogP contribution is -2.26. The second-order valence-electron chi connectivity index (χ2n) is 7.17. The molecule has 0 aromatic carbocycles. The van der Waals surface area contributed by atoms with Crippen molar-refractivity contribution in [2.45, 2.75) is 117 Å². The Labute approximate surface area is 150 Å². The minimum Gasteiger partial charge on any atom is -0.465 e. The molecule has 0 radical (unpaired) electrons. The Bertz CT molecular complexity index is 278. The Hall–Kier alpha value is -0.570. The second kappa shape index (κ2) is 17.3. The van der Waals surface area contributed by atoms with E-state index in [1.54, 1.807) is 0 Å². The van der Waals surface area contributed by atoms with Gasteiger partial charge in [-0.3, -0.25) is 4.79 Å². The van der Waals surface area contributed by atoms with Crippen LogP contribution in [-0.2, 0) is 9.53 Å². The van der Waals surface area contributed by atoms with Crippen molar-refractivity contribution in [3.8, 4) is 0 Å². The minimum atomic E-state index is -0.327. The van der Waals surface area contributed by atoms with E-state index >= 15 is 0 Å². The molecule has 0 bridgehead atoms. The highest BCUT2D eigenvalue weighted by Gasteiger charge is 2.20. The van der Waals surface area contributed by atoms with Gasteiger partial charge in [0.1, 0.15) is 0 Å². The maximum Gasteiger partial charge on any atom is 0.305 e. The van der Waals surface area contributed by atoms with Crippen molar-refractivity contribution in [3.05, 3.63) is 0 Å². The SMILES string of the molecule is CCCCCCC(=O)OC[C@@H](CCCCC)[C@H](O)CCCCCC. The number of ether oxygens (including phenoxy) is 1. The number of aliphatic hydroxyl groups is 1. The van der Waals surface area contributed by atoms with Crippen molar-refractivity contribution in [3.63, 3.8) is 0 Å². The summed E-state index contributed by atoms with van der Waals surface area (Å²) in [4.78, 5) is 11.9. The van der Waals surface area contributed by atoms with Gasteiger partial charge in [-0.2, -0.15) is 0 Å². The molecule has 0 saturated carbocycles. The zero-order valence-electron chi connectivity index (χ0n) is 16.5. The summed E-state index contributed by atoms with van der Waals surface area (Å²) in [7, 11) is 0. The highest BCUT2D eigenvalue weighted by molar-refractivity contribution is 5.69. The van der Waals surface area contributed by atoms with Crippen LogP contribution >= 0.6 is 0 Å². The number of esters is 1. The predicted molar refractivity (Wildman–Crippen MR) is 102 cm³/mol. The van der Waals surface area contributed by atoms with Gasteiger partial charge in [-0.05, 0) is 19.3 Å². The molecule has 0 fully saturated rings. The summed E-state index contributed by atoms with van der Waals surface area (Å²) in [6.07, 6.45) is 14.6. The zero-order valence-corrected chi connectivity index (χ0v) is 16.5. The van der Waals surface area contributed by atoms with Crippen LogP contribution in [0.5, 0.6) is 0 Å². The monoisotopic (exact) mass is 342 g/mol. The quantitative estimate of drug-likeness (QED) is 0.259. The molecule has 3 heteroatoms. The van der Waals surface area contributed by atoms with Crippen LogP contribution < -0.4 is 0 Å². The van der Waals surface area contributed by atoms with Crippen LogP contribution in [0, 0.1) is 5.92 Å². The first-order valence-electron chi connectivity index (χ1n) is 10.5. The number of aliphatic hydroxyl groups excluding tert-OH is 1. The number of rotatable bonds is 17. The smallest absolute Gasteiger partial charge is 0.305 e. The zero-order chi connectivity index (χ0) is 18.0. The van der Waals surface area contributed by atoms with Gasteiger partial charge in [-0.15, -0.1) is 0 Å². The van der Waals surface area contributed by atoms with Crippen molar-refractivity contribution >= 4 is 5.97 Å². The number of hydrogen-bond donors (Lipinski definition) is 1. The lowest BCUT2D eigenvalue weighted by Gasteiger charge is -2.23. The third-order valence-electron chi connectivity index (χ3n) is 4.77.